The van der Waals surface area contributed by atoms with Gasteiger partial charge in [-0.3, -0.25) is 0 Å². The monoisotopic (exact) mass is 245 g/mol. The molecule has 1 nitrogen and oxygen atoms in total. The van der Waals surface area contributed by atoms with Crippen LogP contribution in [0.25, 0.3) is 0 Å². The van der Waals surface area contributed by atoms with Crippen LogP contribution in [0.2, 0.25) is 0 Å². The molecule has 18 heavy (non-hydrogen) atoms. The van der Waals surface area contributed by atoms with E-state index in [2.05, 4.69) is 50.0 Å². The zero-order valence-electron chi connectivity index (χ0n) is 11.9. The molecule has 1 atom stereocenters. The third-order valence-corrected chi connectivity index (χ3v) is 3.37. The topological polar surface area (TPSA) is 12.0 Å². The molecule has 1 aromatic carbocycles. The van der Waals surface area contributed by atoms with Crippen LogP contribution in [0.4, 0.5) is 0 Å². The van der Waals surface area contributed by atoms with Crippen LogP contribution in [-0.4, -0.2) is 12.6 Å². The second kappa shape index (κ2) is 8.93. The predicted molar refractivity (Wildman–Crippen MR) is 81.0 cm³/mol. The quantitative estimate of drug-likeness (QED) is 0.506. The number of hydrogen-bond acceptors (Lipinski definition) is 1. The minimum Gasteiger partial charge on any atom is -0.314 e. The number of allylic oxidation sites excluding steroid dienone is 1. The van der Waals surface area contributed by atoms with Crippen molar-refractivity contribution in [1.29, 1.82) is 0 Å². The van der Waals surface area contributed by atoms with Crippen molar-refractivity contribution in [2.45, 2.75) is 52.0 Å². The summed E-state index contributed by atoms with van der Waals surface area (Å²) < 4.78 is 0. The smallest absolute Gasteiger partial charge is 0.0108 e. The highest BCUT2D eigenvalue weighted by molar-refractivity contribution is 5.26. The molecule has 0 radical (unpaired) electrons. The van der Waals surface area contributed by atoms with Crippen molar-refractivity contribution in [2.24, 2.45) is 0 Å². The lowest BCUT2D eigenvalue weighted by atomic mass is 9.97. The van der Waals surface area contributed by atoms with Crippen molar-refractivity contribution in [1.82, 2.24) is 5.32 Å². The molecule has 0 aliphatic carbocycles. The fraction of sp³-hybridized carbons (Fsp3) is 0.529. The van der Waals surface area contributed by atoms with Crippen LogP contribution in [0.3, 0.4) is 0 Å². The molecule has 0 aliphatic heterocycles. The molecule has 0 aliphatic rings. The Bertz CT molecular complexity index is 343. The lowest BCUT2D eigenvalue weighted by molar-refractivity contribution is 0.465. The molecule has 0 amide bonds. The van der Waals surface area contributed by atoms with Crippen molar-refractivity contribution < 1.29 is 0 Å². The van der Waals surface area contributed by atoms with E-state index in [1.807, 2.05) is 6.08 Å². The minimum atomic E-state index is 0.603. The summed E-state index contributed by atoms with van der Waals surface area (Å²) in [7, 11) is 0. The summed E-state index contributed by atoms with van der Waals surface area (Å²) in [5.41, 5.74) is 2.88. The van der Waals surface area contributed by atoms with Crippen LogP contribution < -0.4 is 5.32 Å². The second-order valence-electron chi connectivity index (χ2n) is 5.00. The van der Waals surface area contributed by atoms with Gasteiger partial charge >= 0.3 is 0 Å². The largest absolute Gasteiger partial charge is 0.314 e. The average molecular weight is 245 g/mol. The Kier molecular flexibility index (Phi) is 7.43. The van der Waals surface area contributed by atoms with E-state index < -0.39 is 0 Å². The Morgan fingerprint density at radius 3 is 2.78 bits per heavy atom. The van der Waals surface area contributed by atoms with Crippen LogP contribution >= 0.6 is 0 Å². The number of aryl methyl sites for hydroxylation is 1. The highest BCUT2D eigenvalue weighted by Gasteiger charge is 2.09. The third kappa shape index (κ3) is 5.50. The number of unbranched alkanes of at least 4 members (excludes halogenated alkanes) is 1. The van der Waals surface area contributed by atoms with E-state index in [1.165, 1.54) is 30.4 Å². The maximum absolute atomic E-state index is 3.80. The lowest BCUT2D eigenvalue weighted by Gasteiger charge is -2.19. The van der Waals surface area contributed by atoms with E-state index in [0.29, 0.717) is 6.04 Å². The van der Waals surface area contributed by atoms with E-state index in [4.69, 9.17) is 0 Å². The third-order valence-electron chi connectivity index (χ3n) is 3.37. The summed E-state index contributed by atoms with van der Waals surface area (Å²) in [4.78, 5) is 0. The lowest BCUT2D eigenvalue weighted by Crippen LogP contribution is -2.32. The van der Waals surface area contributed by atoms with Gasteiger partial charge in [0, 0.05) is 6.04 Å². The first kappa shape index (κ1) is 15.0. The second-order valence-corrected chi connectivity index (χ2v) is 5.00. The fourth-order valence-electron chi connectivity index (χ4n) is 2.24. The highest BCUT2D eigenvalue weighted by atomic mass is 14.9. The molecule has 1 unspecified atom stereocenters. The fourth-order valence-corrected chi connectivity index (χ4v) is 2.24. The first-order chi connectivity index (χ1) is 8.77. The van der Waals surface area contributed by atoms with Crippen LogP contribution in [-0.2, 0) is 6.42 Å². The van der Waals surface area contributed by atoms with Crippen molar-refractivity contribution in [2.75, 3.05) is 6.54 Å². The molecule has 0 heterocycles. The van der Waals surface area contributed by atoms with Crippen molar-refractivity contribution in [3.8, 4) is 0 Å². The summed E-state index contributed by atoms with van der Waals surface area (Å²) in [6.45, 7) is 9.34. The number of rotatable bonds is 9. The van der Waals surface area contributed by atoms with Gasteiger partial charge in [0.15, 0.2) is 0 Å². The predicted octanol–water partition coefficient (Wildman–Crippen LogP) is 4.26. The van der Waals surface area contributed by atoms with Crippen molar-refractivity contribution in [3.63, 3.8) is 0 Å². The number of benzene rings is 1. The molecule has 1 N–H and O–H groups in total. The van der Waals surface area contributed by atoms with E-state index in [0.717, 1.165) is 19.4 Å². The summed E-state index contributed by atoms with van der Waals surface area (Å²) in [5.74, 6) is 0. The first-order valence-corrected chi connectivity index (χ1v) is 7.16. The average Bonchev–Trinajstić information content (AvgIpc) is 2.38. The molecule has 100 valence electrons. The van der Waals surface area contributed by atoms with Gasteiger partial charge in [-0.05, 0) is 56.7 Å². The standard InChI is InChI=1S/C17H27N/c1-4-6-7-12-17(18-13-5-2)14-16-11-9-8-10-15(16)3/h4,8-11,17-18H,1,5-7,12-14H2,2-3H3. The normalized spacial score (nSPS) is 12.3. The van der Waals surface area contributed by atoms with Crippen LogP contribution in [0.5, 0.6) is 0 Å². The van der Waals surface area contributed by atoms with Crippen LogP contribution in [0, 0.1) is 6.92 Å². The minimum absolute atomic E-state index is 0.603. The molecule has 0 aromatic heterocycles. The van der Waals surface area contributed by atoms with E-state index in [-0.39, 0.29) is 0 Å². The molecule has 0 bridgehead atoms. The van der Waals surface area contributed by atoms with E-state index >= 15 is 0 Å². The zero-order chi connectivity index (χ0) is 13.2. The molecule has 0 saturated heterocycles. The Balaban J connectivity index is 2.53. The molecule has 1 heteroatoms. The Hall–Kier alpha value is -1.08. The summed E-state index contributed by atoms with van der Waals surface area (Å²) in [6.07, 6.45) is 7.95. The van der Waals surface area contributed by atoms with Gasteiger partial charge in [0.05, 0.1) is 0 Å². The molecule has 0 saturated carbocycles. The molecular formula is C17H27N. The first-order valence-electron chi connectivity index (χ1n) is 7.16. The molecule has 1 aromatic rings. The Morgan fingerprint density at radius 2 is 2.11 bits per heavy atom. The van der Waals surface area contributed by atoms with Crippen molar-refractivity contribution in [3.05, 3.63) is 48.0 Å². The Labute approximate surface area is 112 Å². The maximum Gasteiger partial charge on any atom is 0.0108 e. The van der Waals surface area contributed by atoms with Gasteiger partial charge in [0.25, 0.3) is 0 Å². The maximum atomic E-state index is 3.80. The molecule has 0 fully saturated rings. The van der Waals surface area contributed by atoms with Gasteiger partial charge in [0.2, 0.25) is 0 Å². The van der Waals surface area contributed by atoms with Gasteiger partial charge in [0.1, 0.15) is 0 Å². The van der Waals surface area contributed by atoms with Crippen molar-refractivity contribution >= 4 is 0 Å². The SMILES string of the molecule is C=CCCCC(Cc1ccccc1C)NCCC. The van der Waals surface area contributed by atoms with Crippen LogP contribution in [0.15, 0.2) is 36.9 Å². The molecular weight excluding hydrogens is 218 g/mol. The number of nitrogens with one attached hydrogen (secondary N) is 1. The summed E-state index contributed by atoms with van der Waals surface area (Å²) in [6, 6.07) is 9.32. The van der Waals surface area contributed by atoms with Gasteiger partial charge in [-0.15, -0.1) is 6.58 Å². The number of hydrogen-bond donors (Lipinski definition) is 1. The Morgan fingerprint density at radius 1 is 1.33 bits per heavy atom. The van der Waals surface area contributed by atoms with Gasteiger partial charge in [-0.1, -0.05) is 37.3 Å². The molecule has 1 rings (SSSR count). The summed E-state index contributed by atoms with van der Waals surface area (Å²) >= 11 is 0. The van der Waals surface area contributed by atoms with Gasteiger partial charge in [-0.25, -0.2) is 0 Å². The highest BCUT2D eigenvalue weighted by Crippen LogP contribution is 2.13. The van der Waals surface area contributed by atoms with Gasteiger partial charge < -0.3 is 5.32 Å². The summed E-state index contributed by atoms with van der Waals surface area (Å²) in [5, 5.41) is 3.67. The van der Waals surface area contributed by atoms with E-state index in [1.54, 1.807) is 0 Å². The zero-order valence-corrected chi connectivity index (χ0v) is 11.9. The van der Waals surface area contributed by atoms with Crippen LogP contribution in [0.1, 0.15) is 43.7 Å². The van der Waals surface area contributed by atoms with E-state index in [9.17, 15) is 0 Å². The molecule has 0 spiro atoms. The van der Waals surface area contributed by atoms with Gasteiger partial charge in [-0.2, -0.15) is 0 Å².